The van der Waals surface area contributed by atoms with Gasteiger partial charge in [0.05, 0.1) is 18.8 Å². The van der Waals surface area contributed by atoms with Crippen molar-refractivity contribution < 1.29 is 23.4 Å². The molecule has 162 valence electrons. The number of benzene rings is 2. The van der Waals surface area contributed by atoms with Crippen molar-refractivity contribution in [3.05, 3.63) is 65.0 Å². The van der Waals surface area contributed by atoms with Gasteiger partial charge in [-0.05, 0) is 42.7 Å². The van der Waals surface area contributed by atoms with Crippen molar-refractivity contribution in [3.8, 4) is 5.75 Å². The molecule has 1 heterocycles. The fraction of sp³-hybridized carbons (Fsp3) is 0.480. The molecular weight excluding hydrogens is 383 g/mol. The fourth-order valence-electron chi connectivity index (χ4n) is 3.55. The molecule has 5 heteroatoms. The van der Waals surface area contributed by atoms with Gasteiger partial charge in [0, 0.05) is 11.5 Å². The van der Waals surface area contributed by atoms with Gasteiger partial charge < -0.3 is 14.2 Å². The molecule has 2 aromatic rings. The summed E-state index contributed by atoms with van der Waals surface area (Å²) in [6.45, 7) is 5.38. The lowest BCUT2D eigenvalue weighted by Crippen LogP contribution is -2.27. The van der Waals surface area contributed by atoms with Crippen LogP contribution in [0, 0.1) is 11.7 Å². The monoisotopic (exact) mass is 414 g/mol. The van der Waals surface area contributed by atoms with E-state index in [1.54, 1.807) is 24.3 Å². The first-order chi connectivity index (χ1) is 14.6. The van der Waals surface area contributed by atoms with Crippen LogP contribution >= 0.6 is 0 Å². The lowest BCUT2D eigenvalue weighted by molar-refractivity contribution is -0.207. The first-order valence-corrected chi connectivity index (χ1v) is 10.9. The predicted octanol–water partition coefficient (Wildman–Crippen LogP) is 6.24. The van der Waals surface area contributed by atoms with Crippen LogP contribution in [-0.2, 0) is 15.9 Å². The Kier molecular flexibility index (Phi) is 8.40. The average Bonchev–Trinajstić information content (AvgIpc) is 2.78. The molecule has 4 nitrogen and oxygen atoms in total. The van der Waals surface area contributed by atoms with Crippen molar-refractivity contribution in [2.45, 2.75) is 58.7 Å². The lowest BCUT2D eigenvalue weighted by atomic mass is 10.0. The molecule has 0 bridgehead atoms. The first-order valence-electron chi connectivity index (χ1n) is 10.9. The molecule has 2 aromatic carbocycles. The third-order valence-electron chi connectivity index (χ3n) is 5.46. The maximum Gasteiger partial charge on any atom is 0.343 e. The van der Waals surface area contributed by atoms with Crippen LogP contribution in [-0.4, -0.2) is 19.2 Å². The zero-order valence-electron chi connectivity index (χ0n) is 17.9. The molecule has 1 aliphatic rings. The van der Waals surface area contributed by atoms with E-state index in [1.165, 1.54) is 31.7 Å². The number of halogens is 1. The number of esters is 1. The maximum atomic E-state index is 14.6. The molecule has 0 unspecified atom stereocenters. The van der Waals surface area contributed by atoms with E-state index in [0.29, 0.717) is 30.4 Å². The summed E-state index contributed by atoms with van der Waals surface area (Å²) >= 11 is 0. The SMILES string of the molecule is CCCCCCC1COC(c2ccc(C(=O)Oc3ccc(CC)cc3)cc2F)OC1. The Labute approximate surface area is 178 Å². The standard InChI is InChI=1S/C25H31FO4/c1-3-5-6-7-8-19-16-28-25(29-17-19)22-14-11-20(15-23(22)26)24(27)30-21-12-9-18(4-2)10-13-21/h9-15,19,25H,3-8,16-17H2,1-2H3. The van der Waals surface area contributed by atoms with Crippen molar-refractivity contribution in [1.82, 2.24) is 0 Å². The zero-order chi connectivity index (χ0) is 21.3. The highest BCUT2D eigenvalue weighted by molar-refractivity contribution is 5.91. The van der Waals surface area contributed by atoms with Crippen LogP contribution in [0.1, 0.15) is 73.7 Å². The van der Waals surface area contributed by atoms with Crippen molar-refractivity contribution in [2.24, 2.45) is 5.92 Å². The molecule has 0 atom stereocenters. The average molecular weight is 415 g/mol. The first kappa shape index (κ1) is 22.4. The summed E-state index contributed by atoms with van der Waals surface area (Å²) in [7, 11) is 0. The Morgan fingerprint density at radius 1 is 1.03 bits per heavy atom. The van der Waals surface area contributed by atoms with E-state index in [2.05, 4.69) is 13.8 Å². The number of unbranched alkanes of at least 4 members (excludes halogenated alkanes) is 3. The second-order valence-corrected chi connectivity index (χ2v) is 7.84. The van der Waals surface area contributed by atoms with Gasteiger partial charge in [0.1, 0.15) is 11.6 Å². The predicted molar refractivity (Wildman–Crippen MR) is 114 cm³/mol. The van der Waals surface area contributed by atoms with Gasteiger partial charge in [-0.2, -0.15) is 0 Å². The molecular formula is C25H31FO4. The van der Waals surface area contributed by atoms with Gasteiger partial charge in [-0.3, -0.25) is 0 Å². The number of carbonyl (C=O) groups excluding carboxylic acids is 1. The van der Waals surface area contributed by atoms with E-state index >= 15 is 0 Å². The van der Waals surface area contributed by atoms with Gasteiger partial charge >= 0.3 is 5.97 Å². The highest BCUT2D eigenvalue weighted by Crippen LogP contribution is 2.29. The molecule has 0 aliphatic carbocycles. The summed E-state index contributed by atoms with van der Waals surface area (Å²) < 4.78 is 31.5. The van der Waals surface area contributed by atoms with Gasteiger partial charge in [0.25, 0.3) is 0 Å². The molecule has 1 saturated heterocycles. The summed E-state index contributed by atoms with van der Waals surface area (Å²) in [4.78, 5) is 12.3. The zero-order valence-corrected chi connectivity index (χ0v) is 17.9. The van der Waals surface area contributed by atoms with Crippen molar-refractivity contribution in [3.63, 3.8) is 0 Å². The van der Waals surface area contributed by atoms with Gasteiger partial charge in [0.2, 0.25) is 0 Å². The summed E-state index contributed by atoms with van der Waals surface area (Å²) in [6.07, 6.45) is 6.11. The van der Waals surface area contributed by atoms with Crippen LogP contribution in [0.5, 0.6) is 5.75 Å². The molecule has 0 saturated carbocycles. The number of carbonyl (C=O) groups is 1. The molecule has 0 spiro atoms. The Morgan fingerprint density at radius 2 is 1.77 bits per heavy atom. The Morgan fingerprint density at radius 3 is 2.40 bits per heavy atom. The van der Waals surface area contributed by atoms with E-state index in [-0.39, 0.29) is 5.56 Å². The number of hydrogen-bond acceptors (Lipinski definition) is 4. The topological polar surface area (TPSA) is 44.8 Å². The number of hydrogen-bond donors (Lipinski definition) is 0. The lowest BCUT2D eigenvalue weighted by Gasteiger charge is -2.30. The summed E-state index contributed by atoms with van der Waals surface area (Å²) in [6, 6.07) is 11.6. The molecule has 1 aliphatic heterocycles. The van der Waals surface area contributed by atoms with Crippen LogP contribution in [0.2, 0.25) is 0 Å². The van der Waals surface area contributed by atoms with E-state index in [9.17, 15) is 9.18 Å². The molecule has 0 amide bonds. The molecule has 1 fully saturated rings. The Bertz CT molecular complexity index is 810. The van der Waals surface area contributed by atoms with Gasteiger partial charge in [-0.1, -0.05) is 57.7 Å². The molecule has 30 heavy (non-hydrogen) atoms. The normalized spacial score (nSPS) is 18.9. The largest absolute Gasteiger partial charge is 0.423 e. The van der Waals surface area contributed by atoms with E-state index in [0.717, 1.165) is 18.4 Å². The molecule has 0 N–H and O–H groups in total. The number of aryl methyl sites for hydroxylation is 1. The highest BCUT2D eigenvalue weighted by atomic mass is 19.1. The minimum absolute atomic E-state index is 0.153. The fourth-order valence-corrected chi connectivity index (χ4v) is 3.55. The molecule has 0 aromatic heterocycles. The molecule has 3 rings (SSSR count). The van der Waals surface area contributed by atoms with Crippen LogP contribution in [0.25, 0.3) is 0 Å². The van der Waals surface area contributed by atoms with Crippen LogP contribution < -0.4 is 4.74 Å². The van der Waals surface area contributed by atoms with Gasteiger partial charge in [-0.25, -0.2) is 9.18 Å². The van der Waals surface area contributed by atoms with Crippen molar-refractivity contribution in [1.29, 1.82) is 0 Å². The van der Waals surface area contributed by atoms with Gasteiger partial charge in [-0.15, -0.1) is 0 Å². The smallest absolute Gasteiger partial charge is 0.343 e. The van der Waals surface area contributed by atoms with Gasteiger partial charge in [0.15, 0.2) is 6.29 Å². The van der Waals surface area contributed by atoms with Crippen molar-refractivity contribution in [2.75, 3.05) is 13.2 Å². The maximum absolute atomic E-state index is 14.6. The second kappa shape index (κ2) is 11.2. The minimum atomic E-state index is -0.733. The highest BCUT2D eigenvalue weighted by Gasteiger charge is 2.26. The van der Waals surface area contributed by atoms with Crippen molar-refractivity contribution >= 4 is 5.97 Å². The Hall–Kier alpha value is -2.24. The quantitative estimate of drug-likeness (QED) is 0.277. The number of ether oxygens (including phenoxy) is 3. The van der Waals surface area contributed by atoms with Crippen LogP contribution in [0.15, 0.2) is 42.5 Å². The van der Waals surface area contributed by atoms with Crippen LogP contribution in [0.3, 0.4) is 0 Å². The number of rotatable bonds is 9. The van der Waals surface area contributed by atoms with E-state index < -0.39 is 18.1 Å². The van der Waals surface area contributed by atoms with E-state index in [4.69, 9.17) is 14.2 Å². The van der Waals surface area contributed by atoms with E-state index in [1.807, 2.05) is 12.1 Å². The minimum Gasteiger partial charge on any atom is -0.423 e. The summed E-state index contributed by atoms with van der Waals surface area (Å²) in [5, 5.41) is 0. The summed E-state index contributed by atoms with van der Waals surface area (Å²) in [5.41, 5.74) is 1.62. The third kappa shape index (κ3) is 6.13. The Balaban J connectivity index is 1.54. The summed E-state index contributed by atoms with van der Waals surface area (Å²) in [5.74, 6) is -0.334. The third-order valence-corrected chi connectivity index (χ3v) is 5.46. The molecule has 0 radical (unpaired) electrons. The second-order valence-electron chi connectivity index (χ2n) is 7.84. The van der Waals surface area contributed by atoms with Crippen LogP contribution in [0.4, 0.5) is 4.39 Å².